The predicted molar refractivity (Wildman–Crippen MR) is 97.5 cm³/mol. The summed E-state index contributed by atoms with van der Waals surface area (Å²) in [6.07, 6.45) is 0. The highest BCUT2D eigenvalue weighted by Crippen LogP contribution is 2.17. The van der Waals surface area contributed by atoms with E-state index in [0.717, 1.165) is 0 Å². The molecule has 2 rings (SSSR count). The second-order valence-electron chi connectivity index (χ2n) is 6.31. The molecule has 138 valence electrons. The molecule has 0 unspecified atom stereocenters. The van der Waals surface area contributed by atoms with Crippen LogP contribution in [0, 0.1) is 5.92 Å². The normalized spacial score (nSPS) is 12.6. The Labute approximate surface area is 152 Å². The average Bonchev–Trinajstić information content (AvgIpc) is 2.59. The molecule has 0 aliphatic heterocycles. The lowest BCUT2D eigenvalue weighted by Gasteiger charge is -2.18. The van der Waals surface area contributed by atoms with Crippen LogP contribution in [0.25, 0.3) is 0 Å². The molecule has 0 saturated carbocycles. The zero-order chi connectivity index (χ0) is 19.3. The smallest absolute Gasteiger partial charge is 0.326 e. The highest BCUT2D eigenvalue weighted by atomic mass is 32.2. The molecule has 0 aliphatic rings. The van der Waals surface area contributed by atoms with Crippen molar-refractivity contribution >= 4 is 21.7 Å². The fraction of sp³-hybridized carbons (Fsp3) is 0.263. The van der Waals surface area contributed by atoms with Gasteiger partial charge in [-0.15, -0.1) is 0 Å². The molecule has 0 aliphatic carbocycles. The van der Waals surface area contributed by atoms with Crippen LogP contribution in [0.4, 0.5) is 0 Å². The SMILES string of the molecule is CC(C)[C@@H](NC(=O)c1cccc(CS(=O)(=O)c2ccccc2)c1)C(=O)O. The van der Waals surface area contributed by atoms with Gasteiger partial charge < -0.3 is 10.4 Å². The number of sulfone groups is 1. The lowest BCUT2D eigenvalue weighted by atomic mass is 10.0. The maximum atomic E-state index is 12.5. The molecule has 0 radical (unpaired) electrons. The first-order valence-electron chi connectivity index (χ1n) is 8.11. The minimum absolute atomic E-state index is 0.209. The van der Waals surface area contributed by atoms with E-state index in [4.69, 9.17) is 0 Å². The Morgan fingerprint density at radius 2 is 1.69 bits per heavy atom. The molecule has 2 aromatic carbocycles. The van der Waals surface area contributed by atoms with E-state index in [1.54, 1.807) is 44.2 Å². The number of carbonyl (C=O) groups is 2. The minimum atomic E-state index is -3.53. The molecule has 0 heterocycles. The number of carbonyl (C=O) groups excluding carboxylic acids is 1. The molecule has 0 fully saturated rings. The van der Waals surface area contributed by atoms with Gasteiger partial charge in [0, 0.05) is 5.56 Å². The van der Waals surface area contributed by atoms with Gasteiger partial charge in [-0.2, -0.15) is 0 Å². The van der Waals surface area contributed by atoms with Crippen LogP contribution >= 0.6 is 0 Å². The lowest BCUT2D eigenvalue weighted by Crippen LogP contribution is -2.44. The summed E-state index contributed by atoms with van der Waals surface area (Å²) in [6.45, 7) is 3.39. The Kier molecular flexibility index (Phi) is 6.15. The third kappa shape index (κ3) is 4.92. The van der Waals surface area contributed by atoms with Gasteiger partial charge in [-0.3, -0.25) is 4.79 Å². The summed E-state index contributed by atoms with van der Waals surface area (Å²) in [6, 6.07) is 13.2. The summed E-state index contributed by atoms with van der Waals surface area (Å²) in [7, 11) is -3.53. The highest BCUT2D eigenvalue weighted by molar-refractivity contribution is 7.90. The number of hydrogen-bond acceptors (Lipinski definition) is 4. The molecule has 7 heteroatoms. The Hall–Kier alpha value is -2.67. The van der Waals surface area contributed by atoms with Gasteiger partial charge >= 0.3 is 5.97 Å². The van der Waals surface area contributed by atoms with Gasteiger partial charge in [0.15, 0.2) is 9.84 Å². The Morgan fingerprint density at radius 1 is 1.04 bits per heavy atom. The van der Waals surface area contributed by atoms with Crippen molar-refractivity contribution in [3.05, 3.63) is 65.7 Å². The molecular formula is C19H21NO5S. The molecule has 26 heavy (non-hydrogen) atoms. The van der Waals surface area contributed by atoms with Gasteiger partial charge in [0.05, 0.1) is 10.6 Å². The molecule has 2 aromatic rings. The second kappa shape index (κ2) is 8.14. The van der Waals surface area contributed by atoms with Crippen molar-refractivity contribution in [2.24, 2.45) is 5.92 Å². The Bertz CT molecular complexity index is 891. The third-order valence-corrected chi connectivity index (χ3v) is 5.57. The van der Waals surface area contributed by atoms with Crippen molar-refractivity contribution in [3.8, 4) is 0 Å². The third-order valence-electron chi connectivity index (χ3n) is 3.87. The fourth-order valence-corrected chi connectivity index (χ4v) is 3.83. The summed E-state index contributed by atoms with van der Waals surface area (Å²) in [5.74, 6) is -2.19. The number of aliphatic carboxylic acids is 1. The number of amides is 1. The fourth-order valence-electron chi connectivity index (χ4n) is 2.47. The van der Waals surface area contributed by atoms with Crippen LogP contribution in [-0.4, -0.2) is 31.4 Å². The quantitative estimate of drug-likeness (QED) is 0.774. The summed E-state index contributed by atoms with van der Waals surface area (Å²) >= 11 is 0. The zero-order valence-corrected chi connectivity index (χ0v) is 15.4. The van der Waals surface area contributed by atoms with E-state index < -0.39 is 27.8 Å². The van der Waals surface area contributed by atoms with E-state index in [0.29, 0.717) is 5.56 Å². The van der Waals surface area contributed by atoms with Crippen LogP contribution in [0.5, 0.6) is 0 Å². The van der Waals surface area contributed by atoms with Gasteiger partial charge in [-0.05, 0) is 35.7 Å². The van der Waals surface area contributed by atoms with Crippen LogP contribution in [0.3, 0.4) is 0 Å². The molecule has 2 N–H and O–H groups in total. The van der Waals surface area contributed by atoms with Gasteiger partial charge in [-0.25, -0.2) is 13.2 Å². The highest BCUT2D eigenvalue weighted by Gasteiger charge is 2.24. The lowest BCUT2D eigenvalue weighted by molar-refractivity contribution is -0.140. The van der Waals surface area contributed by atoms with Crippen LogP contribution in [0.2, 0.25) is 0 Å². The molecule has 0 aromatic heterocycles. The van der Waals surface area contributed by atoms with Gasteiger partial charge in [0.2, 0.25) is 0 Å². The molecule has 1 atom stereocenters. The van der Waals surface area contributed by atoms with Crippen LogP contribution in [0.15, 0.2) is 59.5 Å². The Morgan fingerprint density at radius 3 is 2.27 bits per heavy atom. The van der Waals surface area contributed by atoms with E-state index in [1.807, 2.05) is 0 Å². The second-order valence-corrected chi connectivity index (χ2v) is 8.30. The van der Waals surface area contributed by atoms with Crippen molar-refractivity contribution in [2.45, 2.75) is 30.5 Å². The van der Waals surface area contributed by atoms with E-state index in [1.165, 1.54) is 24.3 Å². The minimum Gasteiger partial charge on any atom is -0.480 e. The monoisotopic (exact) mass is 375 g/mol. The summed E-state index contributed by atoms with van der Waals surface area (Å²) in [5.41, 5.74) is 0.676. The number of benzene rings is 2. The maximum Gasteiger partial charge on any atom is 0.326 e. The summed E-state index contributed by atoms with van der Waals surface area (Å²) < 4.78 is 24.9. The topological polar surface area (TPSA) is 101 Å². The first-order chi connectivity index (χ1) is 12.2. The van der Waals surface area contributed by atoms with Crippen molar-refractivity contribution in [1.82, 2.24) is 5.32 Å². The zero-order valence-electron chi connectivity index (χ0n) is 14.5. The van der Waals surface area contributed by atoms with Gasteiger partial charge in [0.1, 0.15) is 6.04 Å². The number of hydrogen-bond donors (Lipinski definition) is 2. The number of rotatable bonds is 7. The van der Waals surface area contributed by atoms with Gasteiger partial charge in [-0.1, -0.05) is 44.2 Å². The van der Waals surface area contributed by atoms with Crippen LogP contribution < -0.4 is 5.32 Å². The van der Waals surface area contributed by atoms with E-state index >= 15 is 0 Å². The average molecular weight is 375 g/mol. The van der Waals surface area contributed by atoms with E-state index in [-0.39, 0.29) is 22.1 Å². The predicted octanol–water partition coefficient (Wildman–Crippen LogP) is 2.50. The standard InChI is InChI=1S/C19H21NO5S/c1-13(2)17(19(22)23)20-18(21)15-8-6-7-14(11-15)12-26(24,25)16-9-4-3-5-10-16/h3-11,13,17H,12H2,1-2H3,(H,20,21)(H,22,23)/t17-/m1/s1. The van der Waals surface area contributed by atoms with E-state index in [9.17, 15) is 23.1 Å². The van der Waals surface area contributed by atoms with E-state index in [2.05, 4.69) is 5.32 Å². The first kappa shape index (κ1) is 19.7. The van der Waals surface area contributed by atoms with Crippen molar-refractivity contribution in [3.63, 3.8) is 0 Å². The molecule has 0 saturated heterocycles. The number of nitrogens with one attached hydrogen (secondary N) is 1. The van der Waals surface area contributed by atoms with Crippen molar-refractivity contribution < 1.29 is 23.1 Å². The Balaban J connectivity index is 2.20. The summed E-state index contributed by atoms with van der Waals surface area (Å²) in [4.78, 5) is 23.8. The first-order valence-corrected chi connectivity index (χ1v) is 9.76. The molecule has 0 bridgehead atoms. The maximum absolute atomic E-state index is 12.5. The molecular weight excluding hydrogens is 354 g/mol. The number of carboxylic acids is 1. The summed E-state index contributed by atoms with van der Waals surface area (Å²) in [5, 5.41) is 11.6. The molecule has 6 nitrogen and oxygen atoms in total. The molecule has 1 amide bonds. The largest absolute Gasteiger partial charge is 0.480 e. The van der Waals surface area contributed by atoms with Crippen LogP contribution in [-0.2, 0) is 20.4 Å². The van der Waals surface area contributed by atoms with Crippen molar-refractivity contribution in [2.75, 3.05) is 0 Å². The van der Waals surface area contributed by atoms with Crippen molar-refractivity contribution in [1.29, 1.82) is 0 Å². The molecule has 0 spiro atoms. The van der Waals surface area contributed by atoms with Gasteiger partial charge in [0.25, 0.3) is 5.91 Å². The van der Waals surface area contributed by atoms with Crippen LogP contribution in [0.1, 0.15) is 29.8 Å². The number of carboxylic acid groups (broad SMARTS) is 1.